The van der Waals surface area contributed by atoms with Crippen LogP contribution in [0.1, 0.15) is 45.0 Å². The Balaban J connectivity index is 1.83. The summed E-state index contributed by atoms with van der Waals surface area (Å²) in [7, 11) is 0. The molecule has 3 aromatic rings. The molecule has 1 fully saturated rings. The molecule has 27 heavy (non-hydrogen) atoms. The second-order valence-corrected chi connectivity index (χ2v) is 8.35. The summed E-state index contributed by atoms with van der Waals surface area (Å²) in [5, 5.41) is 8.38. The van der Waals surface area contributed by atoms with E-state index in [9.17, 15) is 0 Å². The van der Waals surface area contributed by atoms with Crippen LogP contribution in [0.3, 0.4) is 0 Å². The average Bonchev–Trinajstić information content (AvgIpc) is 3.26. The second kappa shape index (κ2) is 6.97. The number of rotatable bonds is 4. The van der Waals surface area contributed by atoms with E-state index >= 15 is 0 Å². The van der Waals surface area contributed by atoms with E-state index in [1.165, 1.54) is 0 Å². The fourth-order valence-electron chi connectivity index (χ4n) is 3.60. The van der Waals surface area contributed by atoms with Gasteiger partial charge in [-0.05, 0) is 25.3 Å². The van der Waals surface area contributed by atoms with Crippen molar-refractivity contribution < 1.29 is 4.74 Å². The number of nitrogens with one attached hydrogen (secondary N) is 1. The van der Waals surface area contributed by atoms with Crippen molar-refractivity contribution in [2.45, 2.75) is 52.1 Å². The lowest BCUT2D eigenvalue weighted by Gasteiger charge is -2.20. The van der Waals surface area contributed by atoms with Gasteiger partial charge in [-0.1, -0.05) is 51.1 Å². The Morgan fingerprint density at radius 3 is 2.67 bits per heavy atom. The topological polar surface area (TPSA) is 51.5 Å². The van der Waals surface area contributed by atoms with Gasteiger partial charge in [0.05, 0.1) is 17.5 Å². The minimum absolute atomic E-state index is 0.0474. The van der Waals surface area contributed by atoms with E-state index in [-0.39, 0.29) is 11.5 Å². The van der Waals surface area contributed by atoms with Gasteiger partial charge in [-0.2, -0.15) is 9.61 Å². The summed E-state index contributed by atoms with van der Waals surface area (Å²) in [5.74, 6) is 0.978. The van der Waals surface area contributed by atoms with Gasteiger partial charge >= 0.3 is 0 Å². The Hall–Kier alpha value is -2.40. The third-order valence-electron chi connectivity index (χ3n) is 5.13. The molecule has 0 bridgehead atoms. The van der Waals surface area contributed by atoms with Gasteiger partial charge in [-0.15, -0.1) is 0 Å². The van der Waals surface area contributed by atoms with Crippen LogP contribution in [-0.2, 0) is 10.2 Å². The molecule has 142 valence electrons. The fourth-order valence-corrected chi connectivity index (χ4v) is 3.60. The molecule has 0 aliphatic carbocycles. The highest BCUT2D eigenvalue weighted by Gasteiger charge is 2.23. The number of aryl methyl sites for hydroxylation is 1. The van der Waals surface area contributed by atoms with Crippen LogP contribution in [0.15, 0.2) is 36.4 Å². The molecule has 1 N–H and O–H groups in total. The summed E-state index contributed by atoms with van der Waals surface area (Å²) < 4.78 is 7.72. The molecule has 0 saturated carbocycles. The van der Waals surface area contributed by atoms with Crippen molar-refractivity contribution >= 4 is 11.5 Å². The van der Waals surface area contributed by atoms with Crippen molar-refractivity contribution in [3.05, 3.63) is 47.8 Å². The number of fused-ring (bicyclic) bond motifs is 1. The second-order valence-electron chi connectivity index (χ2n) is 8.35. The third kappa shape index (κ3) is 3.56. The molecule has 5 heteroatoms. The minimum atomic E-state index is -0.0474. The molecular weight excluding hydrogens is 336 g/mol. The average molecular weight is 364 g/mol. The maximum Gasteiger partial charge on any atom is 0.165 e. The number of nitrogens with zero attached hydrogens (tertiary/aromatic N) is 3. The van der Waals surface area contributed by atoms with Crippen LogP contribution in [0.2, 0.25) is 0 Å². The van der Waals surface area contributed by atoms with Gasteiger partial charge in [0, 0.05) is 30.2 Å². The van der Waals surface area contributed by atoms with Crippen molar-refractivity contribution in [2.75, 3.05) is 18.5 Å². The summed E-state index contributed by atoms with van der Waals surface area (Å²) in [4.78, 5) is 5.01. The van der Waals surface area contributed by atoms with Crippen molar-refractivity contribution in [2.24, 2.45) is 0 Å². The highest BCUT2D eigenvalue weighted by atomic mass is 16.5. The SMILES string of the molecule is Cc1nn2c(NC[C@H]3CCCO3)cc(C(C)(C)C)nc2c1-c1ccccc1. The molecule has 1 saturated heterocycles. The summed E-state index contributed by atoms with van der Waals surface area (Å²) in [5.41, 5.74) is 5.15. The molecule has 1 aliphatic rings. The van der Waals surface area contributed by atoms with Crippen LogP contribution in [0.25, 0.3) is 16.8 Å². The van der Waals surface area contributed by atoms with Gasteiger partial charge in [0.25, 0.3) is 0 Å². The molecular formula is C22H28N4O. The van der Waals surface area contributed by atoms with E-state index in [1.54, 1.807) is 0 Å². The van der Waals surface area contributed by atoms with E-state index in [0.717, 1.165) is 60.0 Å². The van der Waals surface area contributed by atoms with Crippen molar-refractivity contribution in [1.82, 2.24) is 14.6 Å². The first-order chi connectivity index (χ1) is 12.9. The summed E-state index contributed by atoms with van der Waals surface area (Å²) >= 11 is 0. The molecule has 0 radical (unpaired) electrons. The Bertz CT molecular complexity index is 934. The van der Waals surface area contributed by atoms with E-state index in [2.05, 4.69) is 63.3 Å². The quantitative estimate of drug-likeness (QED) is 0.735. The molecule has 1 aromatic carbocycles. The van der Waals surface area contributed by atoms with E-state index in [4.69, 9.17) is 14.8 Å². The molecule has 1 aliphatic heterocycles. The van der Waals surface area contributed by atoms with E-state index in [1.807, 2.05) is 10.6 Å². The first-order valence-corrected chi connectivity index (χ1v) is 9.75. The zero-order chi connectivity index (χ0) is 19.0. The number of hydrogen-bond acceptors (Lipinski definition) is 4. The van der Waals surface area contributed by atoms with E-state index < -0.39 is 0 Å². The number of ether oxygens (including phenoxy) is 1. The van der Waals surface area contributed by atoms with Crippen LogP contribution in [0, 0.1) is 6.92 Å². The first kappa shape index (κ1) is 18.0. The van der Waals surface area contributed by atoms with Crippen molar-refractivity contribution in [3.63, 3.8) is 0 Å². The van der Waals surface area contributed by atoms with Crippen LogP contribution < -0.4 is 5.32 Å². The monoisotopic (exact) mass is 364 g/mol. The zero-order valence-electron chi connectivity index (χ0n) is 16.6. The predicted molar refractivity (Wildman–Crippen MR) is 109 cm³/mol. The van der Waals surface area contributed by atoms with Crippen LogP contribution in [-0.4, -0.2) is 33.9 Å². The Morgan fingerprint density at radius 1 is 1.22 bits per heavy atom. The van der Waals surface area contributed by atoms with Crippen molar-refractivity contribution in [3.8, 4) is 11.1 Å². The zero-order valence-corrected chi connectivity index (χ0v) is 16.6. The number of anilines is 1. The van der Waals surface area contributed by atoms with E-state index in [0.29, 0.717) is 0 Å². The predicted octanol–water partition coefficient (Wildman–Crippen LogP) is 4.59. The maximum absolute atomic E-state index is 5.77. The van der Waals surface area contributed by atoms with Gasteiger partial charge in [0.2, 0.25) is 0 Å². The highest BCUT2D eigenvalue weighted by Crippen LogP contribution is 2.32. The molecule has 5 nitrogen and oxygen atoms in total. The lowest BCUT2D eigenvalue weighted by atomic mass is 9.92. The Morgan fingerprint density at radius 2 is 2.00 bits per heavy atom. The van der Waals surface area contributed by atoms with Gasteiger partial charge in [0.1, 0.15) is 5.82 Å². The lowest BCUT2D eigenvalue weighted by Crippen LogP contribution is -2.21. The van der Waals surface area contributed by atoms with Crippen LogP contribution in [0.4, 0.5) is 5.82 Å². The standard InChI is InChI=1S/C22H28N4O/c1-15-20(16-9-6-5-7-10-16)21-24-18(22(2,3)4)13-19(26(21)25-15)23-14-17-11-8-12-27-17/h5-7,9-10,13,17,23H,8,11-12,14H2,1-4H3/t17-/m1/s1. The molecule has 4 rings (SSSR count). The summed E-state index contributed by atoms with van der Waals surface area (Å²) in [6, 6.07) is 12.5. The number of hydrogen-bond donors (Lipinski definition) is 1. The summed E-state index contributed by atoms with van der Waals surface area (Å²) in [6.45, 7) is 10.3. The highest BCUT2D eigenvalue weighted by molar-refractivity contribution is 5.81. The molecule has 0 spiro atoms. The molecule has 0 amide bonds. The van der Waals surface area contributed by atoms with Crippen molar-refractivity contribution in [1.29, 1.82) is 0 Å². The molecule has 2 aromatic heterocycles. The Labute approximate surface area is 160 Å². The van der Waals surface area contributed by atoms with Gasteiger partial charge < -0.3 is 10.1 Å². The largest absolute Gasteiger partial charge is 0.376 e. The molecule has 0 unspecified atom stereocenters. The first-order valence-electron chi connectivity index (χ1n) is 9.75. The van der Waals surface area contributed by atoms with Crippen LogP contribution in [0.5, 0.6) is 0 Å². The number of aromatic nitrogens is 3. The smallest absolute Gasteiger partial charge is 0.165 e. The van der Waals surface area contributed by atoms with Gasteiger partial charge in [-0.3, -0.25) is 0 Å². The Kier molecular flexibility index (Phi) is 4.64. The fraction of sp³-hybridized carbons (Fsp3) is 0.455. The maximum atomic E-state index is 5.77. The third-order valence-corrected chi connectivity index (χ3v) is 5.13. The number of benzene rings is 1. The summed E-state index contributed by atoms with van der Waals surface area (Å²) in [6.07, 6.45) is 2.53. The van der Waals surface area contributed by atoms with Crippen LogP contribution >= 0.6 is 0 Å². The molecule has 1 atom stereocenters. The van der Waals surface area contributed by atoms with Gasteiger partial charge in [0.15, 0.2) is 5.65 Å². The minimum Gasteiger partial charge on any atom is -0.376 e. The normalized spacial score (nSPS) is 17.6. The lowest BCUT2D eigenvalue weighted by molar-refractivity contribution is 0.120. The molecule has 3 heterocycles. The van der Waals surface area contributed by atoms with Gasteiger partial charge in [-0.25, -0.2) is 4.98 Å².